The van der Waals surface area contributed by atoms with E-state index in [1.807, 2.05) is 19.1 Å². The van der Waals surface area contributed by atoms with Gasteiger partial charge < -0.3 is 5.11 Å². The lowest BCUT2D eigenvalue weighted by atomic mass is 10.1. The van der Waals surface area contributed by atoms with Crippen LogP contribution < -0.4 is 0 Å². The molecule has 90 valence electrons. The van der Waals surface area contributed by atoms with Crippen molar-refractivity contribution in [3.8, 4) is 0 Å². The Morgan fingerprint density at radius 1 is 1.41 bits per heavy atom. The van der Waals surface area contributed by atoms with Crippen LogP contribution in [0.25, 0.3) is 6.08 Å². The first-order valence-corrected chi connectivity index (χ1v) is 5.95. The molecule has 0 radical (unpaired) electrons. The molecule has 0 amide bonds. The predicted octanol–water partition coefficient (Wildman–Crippen LogP) is 4.15. The van der Waals surface area contributed by atoms with Gasteiger partial charge in [0.25, 0.3) is 0 Å². The van der Waals surface area contributed by atoms with E-state index in [0.717, 1.165) is 18.4 Å². The minimum atomic E-state index is -0.899. The van der Waals surface area contributed by atoms with Crippen LogP contribution in [0, 0.1) is 0 Å². The van der Waals surface area contributed by atoms with Crippen LogP contribution in [-0.4, -0.2) is 11.1 Å². The molecule has 0 spiro atoms. The fourth-order valence-corrected chi connectivity index (χ4v) is 1.45. The number of aliphatic carboxylic acids is 1. The second kappa shape index (κ2) is 6.95. The van der Waals surface area contributed by atoms with Crippen molar-refractivity contribution < 1.29 is 9.90 Å². The SMILES string of the molecule is CCCCC(=C=Cc1ccc(Cl)cc1)C(=O)O. The van der Waals surface area contributed by atoms with Crippen molar-refractivity contribution >= 4 is 23.6 Å². The molecule has 0 aliphatic rings. The number of halogens is 1. The van der Waals surface area contributed by atoms with Crippen molar-refractivity contribution in [1.82, 2.24) is 0 Å². The second-order valence-corrected chi connectivity index (χ2v) is 4.16. The lowest BCUT2D eigenvalue weighted by molar-refractivity contribution is -0.132. The summed E-state index contributed by atoms with van der Waals surface area (Å²) in [5.41, 5.74) is 4.05. The molecule has 0 saturated heterocycles. The molecule has 0 atom stereocenters. The Morgan fingerprint density at radius 3 is 2.59 bits per heavy atom. The highest BCUT2D eigenvalue weighted by atomic mass is 35.5. The zero-order valence-electron chi connectivity index (χ0n) is 9.74. The third-order valence-corrected chi connectivity index (χ3v) is 2.57. The molecule has 1 N–H and O–H groups in total. The number of carbonyl (C=O) groups is 1. The average Bonchev–Trinajstić information content (AvgIpc) is 2.31. The molecule has 0 saturated carbocycles. The van der Waals surface area contributed by atoms with Gasteiger partial charge >= 0.3 is 5.97 Å². The summed E-state index contributed by atoms with van der Waals surface area (Å²) in [6, 6.07) is 7.19. The van der Waals surface area contributed by atoms with E-state index in [1.165, 1.54) is 0 Å². The number of hydrogen-bond acceptors (Lipinski definition) is 1. The molecule has 0 fully saturated rings. The van der Waals surface area contributed by atoms with Crippen LogP contribution in [0.1, 0.15) is 31.7 Å². The largest absolute Gasteiger partial charge is 0.477 e. The maximum absolute atomic E-state index is 10.9. The maximum Gasteiger partial charge on any atom is 0.339 e. The molecular weight excluding hydrogens is 236 g/mol. The zero-order chi connectivity index (χ0) is 12.7. The number of unbranched alkanes of at least 4 members (excludes halogenated alkanes) is 1. The summed E-state index contributed by atoms with van der Waals surface area (Å²) in [6.07, 6.45) is 4.06. The molecule has 1 aromatic carbocycles. The number of benzene rings is 1. The van der Waals surface area contributed by atoms with Crippen molar-refractivity contribution in [2.75, 3.05) is 0 Å². The molecule has 3 heteroatoms. The highest BCUT2D eigenvalue weighted by Crippen LogP contribution is 2.11. The van der Waals surface area contributed by atoms with Gasteiger partial charge in [-0.2, -0.15) is 0 Å². The predicted molar refractivity (Wildman–Crippen MR) is 70.1 cm³/mol. The minimum absolute atomic E-state index is 0.321. The molecule has 0 bridgehead atoms. The van der Waals surface area contributed by atoms with E-state index >= 15 is 0 Å². The van der Waals surface area contributed by atoms with Crippen molar-refractivity contribution in [2.45, 2.75) is 26.2 Å². The molecule has 0 aliphatic heterocycles. The van der Waals surface area contributed by atoms with E-state index in [4.69, 9.17) is 16.7 Å². The number of carboxylic acid groups (broad SMARTS) is 1. The minimum Gasteiger partial charge on any atom is -0.477 e. The van der Waals surface area contributed by atoms with Crippen molar-refractivity contribution in [3.63, 3.8) is 0 Å². The van der Waals surface area contributed by atoms with Crippen molar-refractivity contribution in [2.24, 2.45) is 0 Å². The maximum atomic E-state index is 10.9. The first-order valence-electron chi connectivity index (χ1n) is 5.58. The summed E-state index contributed by atoms with van der Waals surface area (Å²) >= 11 is 5.76. The molecule has 0 unspecified atom stereocenters. The Morgan fingerprint density at radius 2 is 2.06 bits per heavy atom. The lowest BCUT2D eigenvalue weighted by Crippen LogP contribution is -1.98. The van der Waals surface area contributed by atoms with Gasteiger partial charge in [-0.15, -0.1) is 5.73 Å². The Balaban J connectivity index is 2.88. The molecule has 0 aromatic heterocycles. The smallest absolute Gasteiger partial charge is 0.339 e. The van der Waals surface area contributed by atoms with Crippen LogP contribution in [0.2, 0.25) is 5.02 Å². The topological polar surface area (TPSA) is 37.3 Å². The normalized spacial score (nSPS) is 9.53. The van der Waals surface area contributed by atoms with Gasteiger partial charge in [0.2, 0.25) is 0 Å². The Hall–Kier alpha value is -1.50. The van der Waals surface area contributed by atoms with Crippen molar-refractivity contribution in [1.29, 1.82) is 0 Å². The van der Waals surface area contributed by atoms with Gasteiger partial charge in [-0.3, -0.25) is 0 Å². The van der Waals surface area contributed by atoms with E-state index < -0.39 is 5.97 Å². The number of rotatable bonds is 5. The zero-order valence-corrected chi connectivity index (χ0v) is 10.5. The van der Waals surface area contributed by atoms with Gasteiger partial charge in [0, 0.05) is 5.02 Å². The van der Waals surface area contributed by atoms with Gasteiger partial charge in [-0.05, 0) is 36.6 Å². The van der Waals surface area contributed by atoms with E-state index in [1.54, 1.807) is 18.2 Å². The van der Waals surface area contributed by atoms with Crippen LogP contribution in [0.3, 0.4) is 0 Å². The van der Waals surface area contributed by atoms with Crippen LogP contribution in [0.15, 0.2) is 35.6 Å². The van der Waals surface area contributed by atoms with Crippen LogP contribution in [-0.2, 0) is 4.79 Å². The van der Waals surface area contributed by atoms with Crippen LogP contribution in [0.5, 0.6) is 0 Å². The summed E-state index contributed by atoms with van der Waals surface area (Å²) in [4.78, 5) is 10.9. The Bertz CT molecular complexity index is 440. The van der Waals surface area contributed by atoms with Gasteiger partial charge in [0.15, 0.2) is 0 Å². The van der Waals surface area contributed by atoms with E-state index in [9.17, 15) is 4.79 Å². The molecule has 0 aliphatic carbocycles. The quantitative estimate of drug-likeness (QED) is 0.630. The highest BCUT2D eigenvalue weighted by Gasteiger charge is 2.04. The molecule has 17 heavy (non-hydrogen) atoms. The third-order valence-electron chi connectivity index (χ3n) is 2.32. The lowest BCUT2D eigenvalue weighted by Gasteiger charge is -1.96. The summed E-state index contributed by atoms with van der Waals surface area (Å²) in [5.74, 6) is -0.899. The summed E-state index contributed by atoms with van der Waals surface area (Å²) in [5, 5.41) is 9.64. The van der Waals surface area contributed by atoms with E-state index in [2.05, 4.69) is 5.73 Å². The van der Waals surface area contributed by atoms with Crippen LogP contribution in [0.4, 0.5) is 0 Å². The second-order valence-electron chi connectivity index (χ2n) is 3.73. The summed E-state index contributed by atoms with van der Waals surface area (Å²) in [6.45, 7) is 2.03. The van der Waals surface area contributed by atoms with Crippen LogP contribution >= 0.6 is 11.6 Å². The first-order chi connectivity index (χ1) is 8.13. The van der Waals surface area contributed by atoms with Crippen molar-refractivity contribution in [3.05, 3.63) is 46.2 Å². The summed E-state index contributed by atoms with van der Waals surface area (Å²) < 4.78 is 0. The molecule has 1 rings (SSSR count). The molecule has 2 nitrogen and oxygen atoms in total. The summed E-state index contributed by atoms with van der Waals surface area (Å²) in [7, 11) is 0. The molecule has 0 heterocycles. The average molecular weight is 251 g/mol. The standard InChI is InChI=1S/C14H15ClO2/c1-2-3-4-12(14(16)17)8-5-11-6-9-13(15)10-7-11/h5-7,9-10H,2-4H2,1H3,(H,16,17). The fourth-order valence-electron chi connectivity index (χ4n) is 1.32. The van der Waals surface area contributed by atoms with E-state index in [0.29, 0.717) is 17.0 Å². The third kappa shape index (κ3) is 4.90. The van der Waals surface area contributed by atoms with E-state index in [-0.39, 0.29) is 0 Å². The van der Waals surface area contributed by atoms with Gasteiger partial charge in [0.1, 0.15) is 0 Å². The van der Waals surface area contributed by atoms with Gasteiger partial charge in [0.05, 0.1) is 5.57 Å². The number of carboxylic acids is 1. The monoisotopic (exact) mass is 250 g/mol. The number of hydrogen-bond donors (Lipinski definition) is 1. The highest BCUT2D eigenvalue weighted by molar-refractivity contribution is 6.30. The first kappa shape index (κ1) is 13.6. The Labute approximate surface area is 106 Å². The Kier molecular flexibility index (Phi) is 5.55. The molecular formula is C14H15ClO2. The fraction of sp³-hybridized carbons (Fsp3) is 0.286. The molecule has 1 aromatic rings. The van der Waals surface area contributed by atoms with Gasteiger partial charge in [-0.1, -0.05) is 37.1 Å². The van der Waals surface area contributed by atoms with Gasteiger partial charge in [-0.25, -0.2) is 4.79 Å².